The molecule has 2 rings (SSSR count). The van der Waals surface area contributed by atoms with Crippen LogP contribution in [0.1, 0.15) is 64.0 Å². The molecule has 1 aromatic rings. The number of hydrogen-bond acceptors (Lipinski definition) is 3. The highest BCUT2D eigenvalue weighted by Gasteiger charge is 2.24. The number of benzene rings is 1. The summed E-state index contributed by atoms with van der Waals surface area (Å²) >= 11 is 0. The van der Waals surface area contributed by atoms with E-state index in [2.05, 4.69) is 19.2 Å². The lowest BCUT2D eigenvalue weighted by Crippen LogP contribution is -2.42. The summed E-state index contributed by atoms with van der Waals surface area (Å²) in [4.78, 5) is 0. The zero-order chi connectivity index (χ0) is 17.6. The Morgan fingerprint density at radius 3 is 2.56 bits per heavy atom. The molecule has 1 aliphatic carbocycles. The van der Waals surface area contributed by atoms with E-state index in [1.165, 1.54) is 44.2 Å². The van der Waals surface area contributed by atoms with Gasteiger partial charge in [0.15, 0.2) is 0 Å². The molecule has 0 radical (unpaired) electrons. The Bertz CT molecular complexity index is 504. The Labute approximate surface area is 157 Å². The Hall–Kier alpha value is -0.680. The molecule has 144 valence electrons. The molecule has 1 aliphatic rings. The van der Waals surface area contributed by atoms with E-state index in [0.29, 0.717) is 18.2 Å². The number of hydrogen-bond donors (Lipinski definition) is 2. The topological polar surface area (TPSA) is 41.5 Å². The van der Waals surface area contributed by atoms with Crippen molar-refractivity contribution in [2.75, 3.05) is 13.7 Å². The Morgan fingerprint density at radius 1 is 1.28 bits per heavy atom. The minimum atomic E-state index is -0.683. The molecule has 3 nitrogen and oxygen atoms in total. The van der Waals surface area contributed by atoms with Crippen molar-refractivity contribution in [3.8, 4) is 0 Å². The Balaban J connectivity index is 0.00000312. The van der Waals surface area contributed by atoms with E-state index in [1.54, 1.807) is 12.1 Å². The summed E-state index contributed by atoms with van der Waals surface area (Å²) in [6.07, 6.45) is 6.89. The maximum Gasteiger partial charge on any atom is 0.123 e. The smallest absolute Gasteiger partial charge is 0.123 e. The summed E-state index contributed by atoms with van der Waals surface area (Å²) in [5.41, 5.74) is 0.586. The van der Waals surface area contributed by atoms with Crippen LogP contribution in [-0.4, -0.2) is 30.4 Å². The van der Waals surface area contributed by atoms with Crippen molar-refractivity contribution in [1.29, 1.82) is 0 Å². The van der Waals surface area contributed by atoms with E-state index in [0.717, 1.165) is 12.3 Å². The van der Waals surface area contributed by atoms with Crippen LogP contribution in [0.4, 0.5) is 4.39 Å². The molecule has 5 heteroatoms. The molecule has 0 spiro atoms. The molecule has 1 atom stereocenters. The third-order valence-electron chi connectivity index (χ3n) is 5.31. The van der Waals surface area contributed by atoms with Gasteiger partial charge in [0.2, 0.25) is 0 Å². The molecule has 0 saturated heterocycles. The standard InChI is InChI=1S/C20H32FNO2.ClH/c1-20(2,12-11-15-7-9-18(24-3)10-8-15)22-14-19(23)16-5-4-6-17(21)13-16;/h4-6,13,15,18-19,22-23H,7-12,14H2,1-3H3;1H/t15?,18?,19-;/m0./s1. The van der Waals surface area contributed by atoms with E-state index in [1.807, 2.05) is 7.11 Å². The van der Waals surface area contributed by atoms with Crippen LogP contribution in [0.25, 0.3) is 0 Å². The van der Waals surface area contributed by atoms with Crippen LogP contribution < -0.4 is 5.32 Å². The van der Waals surface area contributed by atoms with Crippen LogP contribution in [0.5, 0.6) is 0 Å². The summed E-state index contributed by atoms with van der Waals surface area (Å²) in [6.45, 7) is 4.78. The molecule has 2 N–H and O–H groups in total. The summed E-state index contributed by atoms with van der Waals surface area (Å²) in [7, 11) is 1.81. The number of β-amino-alcohol motifs (C(OH)–C–C–N with tert-alkyl or cyclic N) is 1. The van der Waals surface area contributed by atoms with Crippen LogP contribution in [0.2, 0.25) is 0 Å². The van der Waals surface area contributed by atoms with Crippen molar-refractivity contribution in [1.82, 2.24) is 5.32 Å². The number of halogens is 2. The quantitative estimate of drug-likeness (QED) is 0.697. The molecule has 1 saturated carbocycles. The maximum atomic E-state index is 13.2. The minimum Gasteiger partial charge on any atom is -0.387 e. The molecule has 1 aromatic carbocycles. The first-order chi connectivity index (χ1) is 11.4. The lowest BCUT2D eigenvalue weighted by molar-refractivity contribution is 0.0539. The van der Waals surface area contributed by atoms with Crippen molar-refractivity contribution in [2.24, 2.45) is 5.92 Å². The third kappa shape index (κ3) is 7.61. The van der Waals surface area contributed by atoms with Crippen molar-refractivity contribution in [2.45, 2.75) is 70.1 Å². The van der Waals surface area contributed by atoms with E-state index >= 15 is 0 Å². The fourth-order valence-electron chi connectivity index (χ4n) is 3.51. The van der Waals surface area contributed by atoms with Crippen molar-refractivity contribution >= 4 is 12.4 Å². The predicted molar refractivity (Wildman–Crippen MR) is 103 cm³/mol. The number of nitrogens with one attached hydrogen (secondary N) is 1. The average Bonchev–Trinajstić information content (AvgIpc) is 2.58. The minimum absolute atomic E-state index is 0. The highest BCUT2D eigenvalue weighted by Crippen LogP contribution is 2.31. The monoisotopic (exact) mass is 373 g/mol. The van der Waals surface area contributed by atoms with Crippen molar-refractivity contribution < 1.29 is 14.2 Å². The predicted octanol–water partition coefficient (Wildman–Crippen LogP) is 4.63. The van der Waals surface area contributed by atoms with Crippen LogP contribution in [0.3, 0.4) is 0 Å². The first kappa shape index (κ1) is 22.4. The third-order valence-corrected chi connectivity index (χ3v) is 5.31. The molecule has 0 aliphatic heterocycles. The first-order valence-electron chi connectivity index (χ1n) is 9.11. The number of rotatable bonds is 8. The van der Waals surface area contributed by atoms with E-state index in [-0.39, 0.29) is 23.8 Å². The molecular formula is C20H33ClFNO2. The summed E-state index contributed by atoms with van der Waals surface area (Å²) in [6, 6.07) is 6.19. The lowest BCUT2D eigenvalue weighted by Gasteiger charge is -2.32. The van der Waals surface area contributed by atoms with Gasteiger partial charge in [-0.3, -0.25) is 0 Å². The van der Waals surface area contributed by atoms with Crippen LogP contribution in [0, 0.1) is 11.7 Å². The highest BCUT2D eigenvalue weighted by atomic mass is 35.5. The van der Waals surface area contributed by atoms with Gasteiger partial charge < -0.3 is 15.2 Å². The van der Waals surface area contributed by atoms with Gasteiger partial charge in [-0.25, -0.2) is 4.39 Å². The Kier molecular flexibility index (Phi) is 9.36. The fourth-order valence-corrected chi connectivity index (χ4v) is 3.51. The fraction of sp³-hybridized carbons (Fsp3) is 0.700. The second-order valence-corrected chi connectivity index (χ2v) is 7.75. The van der Waals surface area contributed by atoms with Gasteiger partial charge in [-0.2, -0.15) is 0 Å². The van der Waals surface area contributed by atoms with Gasteiger partial charge in [0, 0.05) is 19.2 Å². The van der Waals surface area contributed by atoms with E-state index in [4.69, 9.17) is 4.74 Å². The summed E-state index contributed by atoms with van der Waals surface area (Å²) < 4.78 is 18.7. The van der Waals surface area contributed by atoms with Crippen molar-refractivity contribution in [3.63, 3.8) is 0 Å². The zero-order valence-corrected chi connectivity index (χ0v) is 16.4. The van der Waals surface area contributed by atoms with E-state index < -0.39 is 6.10 Å². The molecular weight excluding hydrogens is 341 g/mol. The number of aliphatic hydroxyl groups excluding tert-OH is 1. The SMILES string of the molecule is COC1CCC(CCC(C)(C)NC[C@H](O)c2cccc(F)c2)CC1.Cl. The van der Waals surface area contributed by atoms with Crippen LogP contribution >= 0.6 is 12.4 Å². The second kappa shape index (κ2) is 10.5. The normalized spacial score (nSPS) is 22.3. The molecule has 25 heavy (non-hydrogen) atoms. The maximum absolute atomic E-state index is 13.2. The van der Waals surface area contributed by atoms with Gasteiger partial charge >= 0.3 is 0 Å². The summed E-state index contributed by atoms with van der Waals surface area (Å²) in [5.74, 6) is 0.475. The number of methoxy groups -OCH3 is 1. The average molecular weight is 374 g/mol. The lowest BCUT2D eigenvalue weighted by atomic mass is 9.82. The van der Waals surface area contributed by atoms with Crippen LogP contribution in [0.15, 0.2) is 24.3 Å². The van der Waals surface area contributed by atoms with Crippen molar-refractivity contribution in [3.05, 3.63) is 35.6 Å². The summed E-state index contributed by atoms with van der Waals surface area (Å²) in [5, 5.41) is 13.7. The van der Waals surface area contributed by atoms with Gasteiger partial charge in [-0.1, -0.05) is 12.1 Å². The molecule has 0 aromatic heterocycles. The highest BCUT2D eigenvalue weighted by molar-refractivity contribution is 5.85. The second-order valence-electron chi connectivity index (χ2n) is 7.75. The molecule has 0 bridgehead atoms. The van der Waals surface area contributed by atoms with Gasteiger partial charge in [-0.05, 0) is 76.0 Å². The van der Waals surface area contributed by atoms with Gasteiger partial charge in [0.05, 0.1) is 12.2 Å². The molecule has 0 unspecified atom stereocenters. The number of ether oxygens (including phenoxy) is 1. The Morgan fingerprint density at radius 2 is 1.96 bits per heavy atom. The van der Waals surface area contributed by atoms with Crippen LogP contribution in [-0.2, 0) is 4.74 Å². The largest absolute Gasteiger partial charge is 0.387 e. The molecule has 0 amide bonds. The molecule has 0 heterocycles. The van der Waals surface area contributed by atoms with Gasteiger partial charge in [0.1, 0.15) is 5.82 Å². The van der Waals surface area contributed by atoms with Gasteiger partial charge in [0.25, 0.3) is 0 Å². The van der Waals surface area contributed by atoms with Gasteiger partial charge in [-0.15, -0.1) is 12.4 Å². The zero-order valence-electron chi connectivity index (χ0n) is 15.6. The number of aliphatic hydroxyl groups is 1. The van der Waals surface area contributed by atoms with E-state index in [9.17, 15) is 9.50 Å². The molecule has 1 fully saturated rings. The first-order valence-corrected chi connectivity index (χ1v) is 9.11.